The van der Waals surface area contributed by atoms with E-state index in [4.69, 9.17) is 9.84 Å². The van der Waals surface area contributed by atoms with Crippen LogP contribution in [0.5, 0.6) is 5.75 Å². The predicted molar refractivity (Wildman–Crippen MR) is 86.9 cm³/mol. The number of nitriles is 1. The second-order valence-electron chi connectivity index (χ2n) is 5.47. The van der Waals surface area contributed by atoms with Crippen LogP contribution < -0.4 is 4.74 Å². The molecule has 1 aromatic carbocycles. The van der Waals surface area contributed by atoms with Crippen molar-refractivity contribution in [2.24, 2.45) is 4.99 Å². The highest BCUT2D eigenvalue weighted by molar-refractivity contribution is 6.12. The molecule has 1 aliphatic rings. The van der Waals surface area contributed by atoms with Crippen LogP contribution >= 0.6 is 0 Å². The van der Waals surface area contributed by atoms with Crippen LogP contribution in [0.15, 0.2) is 34.8 Å². The number of carboxylic acids is 1. The number of nitrogens with zero attached hydrogens (tertiary/aromatic N) is 3. The molecule has 0 aromatic heterocycles. The van der Waals surface area contributed by atoms with Crippen LogP contribution in [0.4, 0.5) is 0 Å². The van der Waals surface area contributed by atoms with Gasteiger partial charge in [-0.25, -0.2) is 4.79 Å². The number of likely N-dealkylation sites (N-methyl/N-ethyl adjacent to an activating group) is 1. The lowest BCUT2D eigenvalue weighted by molar-refractivity contribution is -0.132. The van der Waals surface area contributed by atoms with Gasteiger partial charge in [-0.05, 0) is 44.8 Å². The molecule has 0 radical (unpaired) electrons. The van der Waals surface area contributed by atoms with Gasteiger partial charge in [0, 0.05) is 24.2 Å². The minimum absolute atomic E-state index is 0.333. The quantitative estimate of drug-likeness (QED) is 0.864. The van der Waals surface area contributed by atoms with Gasteiger partial charge in [0.15, 0.2) is 0 Å². The van der Waals surface area contributed by atoms with Crippen molar-refractivity contribution in [3.8, 4) is 11.8 Å². The Kier molecular flexibility index (Phi) is 5.50. The molecule has 23 heavy (non-hydrogen) atoms. The number of benzene rings is 1. The minimum atomic E-state index is -0.929. The first-order chi connectivity index (χ1) is 11.0. The molecule has 0 aliphatic carbocycles. The maximum absolute atomic E-state index is 11.1. The molecule has 120 valence electrons. The standard InChI is InChI=1S/C17H19N3O3/c1-20(2)7-8-23-16-4-3-12(9-14(16)11-18)15-10-13(17(21)22)5-6-19-15/h3-4,9-10H,5-8H2,1-2H3,(H,21,22). The van der Waals surface area contributed by atoms with E-state index in [0.717, 1.165) is 12.1 Å². The molecule has 0 spiro atoms. The van der Waals surface area contributed by atoms with Crippen molar-refractivity contribution in [1.82, 2.24) is 4.90 Å². The third kappa shape index (κ3) is 4.41. The molecular weight excluding hydrogens is 294 g/mol. The van der Waals surface area contributed by atoms with Gasteiger partial charge in [-0.3, -0.25) is 4.99 Å². The second-order valence-corrected chi connectivity index (χ2v) is 5.47. The molecule has 0 atom stereocenters. The minimum Gasteiger partial charge on any atom is -0.491 e. The van der Waals surface area contributed by atoms with E-state index in [9.17, 15) is 10.1 Å². The van der Waals surface area contributed by atoms with Crippen molar-refractivity contribution in [1.29, 1.82) is 5.26 Å². The molecule has 1 N–H and O–H groups in total. The van der Waals surface area contributed by atoms with Gasteiger partial charge in [-0.15, -0.1) is 0 Å². The summed E-state index contributed by atoms with van der Waals surface area (Å²) < 4.78 is 5.63. The molecule has 0 fully saturated rings. The largest absolute Gasteiger partial charge is 0.491 e. The van der Waals surface area contributed by atoms with E-state index in [-0.39, 0.29) is 0 Å². The molecule has 1 aliphatic heterocycles. The Hall–Kier alpha value is -2.65. The third-order valence-corrected chi connectivity index (χ3v) is 3.44. The lowest BCUT2D eigenvalue weighted by Crippen LogP contribution is -2.19. The SMILES string of the molecule is CN(C)CCOc1ccc(C2=NCCC(C(=O)O)=C2)cc1C#N. The Bertz CT molecular complexity index is 700. The molecule has 6 heteroatoms. The molecular formula is C17H19N3O3. The molecule has 1 aromatic rings. The van der Waals surface area contributed by atoms with Crippen molar-refractivity contribution >= 4 is 11.7 Å². The van der Waals surface area contributed by atoms with Crippen LogP contribution in [-0.4, -0.2) is 55.5 Å². The van der Waals surface area contributed by atoms with E-state index in [1.54, 1.807) is 24.3 Å². The van der Waals surface area contributed by atoms with E-state index in [2.05, 4.69) is 11.1 Å². The fourth-order valence-electron chi connectivity index (χ4n) is 2.16. The maximum atomic E-state index is 11.1. The smallest absolute Gasteiger partial charge is 0.331 e. The first-order valence-corrected chi connectivity index (χ1v) is 7.31. The summed E-state index contributed by atoms with van der Waals surface area (Å²) in [7, 11) is 3.90. The zero-order valence-corrected chi connectivity index (χ0v) is 13.2. The summed E-state index contributed by atoms with van der Waals surface area (Å²) in [4.78, 5) is 17.4. The number of carbonyl (C=O) groups is 1. The molecule has 0 bridgehead atoms. The normalized spacial score (nSPS) is 14.0. The Morgan fingerprint density at radius 3 is 2.91 bits per heavy atom. The van der Waals surface area contributed by atoms with Gasteiger partial charge in [0.1, 0.15) is 18.4 Å². The molecule has 2 rings (SSSR count). The zero-order valence-electron chi connectivity index (χ0n) is 13.2. The first-order valence-electron chi connectivity index (χ1n) is 7.31. The van der Waals surface area contributed by atoms with E-state index >= 15 is 0 Å². The molecule has 6 nitrogen and oxygen atoms in total. The van der Waals surface area contributed by atoms with E-state index in [1.807, 2.05) is 19.0 Å². The highest BCUT2D eigenvalue weighted by Gasteiger charge is 2.15. The van der Waals surface area contributed by atoms with Crippen LogP contribution in [0.1, 0.15) is 17.5 Å². The highest BCUT2D eigenvalue weighted by atomic mass is 16.5. The van der Waals surface area contributed by atoms with Gasteiger partial charge < -0.3 is 14.7 Å². The van der Waals surface area contributed by atoms with Crippen molar-refractivity contribution in [3.05, 3.63) is 41.0 Å². The average Bonchev–Trinajstić information content (AvgIpc) is 2.54. The topological polar surface area (TPSA) is 85.9 Å². The lowest BCUT2D eigenvalue weighted by atomic mass is 10.0. The van der Waals surface area contributed by atoms with Crippen LogP contribution in [0.25, 0.3) is 0 Å². The van der Waals surface area contributed by atoms with E-state index < -0.39 is 5.97 Å². The van der Waals surface area contributed by atoms with Crippen molar-refractivity contribution in [2.75, 3.05) is 33.8 Å². The zero-order chi connectivity index (χ0) is 16.8. The average molecular weight is 313 g/mol. The summed E-state index contributed by atoms with van der Waals surface area (Å²) in [5.41, 5.74) is 2.06. The summed E-state index contributed by atoms with van der Waals surface area (Å²) in [6.07, 6.45) is 1.99. The van der Waals surface area contributed by atoms with Gasteiger partial charge in [-0.2, -0.15) is 5.26 Å². The Balaban J connectivity index is 2.21. The number of hydrogen-bond donors (Lipinski definition) is 1. The second kappa shape index (κ2) is 7.56. The van der Waals surface area contributed by atoms with Crippen LogP contribution in [0.3, 0.4) is 0 Å². The number of dihydropyridines is 1. The summed E-state index contributed by atoms with van der Waals surface area (Å²) in [5.74, 6) is -0.404. The maximum Gasteiger partial charge on any atom is 0.331 e. The van der Waals surface area contributed by atoms with Crippen LogP contribution in [0, 0.1) is 11.3 Å². The van der Waals surface area contributed by atoms with Crippen LogP contribution in [-0.2, 0) is 4.79 Å². The van der Waals surface area contributed by atoms with Gasteiger partial charge in [0.25, 0.3) is 0 Å². The van der Waals surface area contributed by atoms with Crippen LogP contribution in [0.2, 0.25) is 0 Å². The first kappa shape index (κ1) is 16.7. The number of aliphatic carboxylic acids is 1. The number of allylic oxidation sites excluding steroid dienone is 1. The molecule has 0 saturated carbocycles. The van der Waals surface area contributed by atoms with Gasteiger partial charge in [-0.1, -0.05) is 0 Å². The summed E-state index contributed by atoms with van der Waals surface area (Å²) in [5, 5.41) is 18.4. The predicted octanol–water partition coefficient (Wildman–Crippen LogP) is 1.70. The van der Waals surface area contributed by atoms with E-state index in [0.29, 0.717) is 42.2 Å². The van der Waals surface area contributed by atoms with Gasteiger partial charge in [0.2, 0.25) is 0 Å². The monoisotopic (exact) mass is 313 g/mol. The number of carboxylic acid groups (broad SMARTS) is 1. The number of rotatable bonds is 6. The third-order valence-electron chi connectivity index (χ3n) is 3.44. The van der Waals surface area contributed by atoms with E-state index in [1.165, 1.54) is 0 Å². The van der Waals surface area contributed by atoms with Crippen molar-refractivity contribution in [2.45, 2.75) is 6.42 Å². The fourth-order valence-corrected chi connectivity index (χ4v) is 2.16. The molecule has 0 saturated heterocycles. The van der Waals surface area contributed by atoms with Gasteiger partial charge in [0.05, 0.1) is 11.3 Å². The number of ether oxygens (including phenoxy) is 1. The Labute approximate surface area is 135 Å². The summed E-state index contributed by atoms with van der Waals surface area (Å²) in [6, 6.07) is 7.33. The van der Waals surface area contributed by atoms with Crippen molar-refractivity contribution in [3.63, 3.8) is 0 Å². The number of aliphatic imine (C=N–C) groups is 1. The summed E-state index contributed by atoms with van der Waals surface area (Å²) in [6.45, 7) is 1.69. The molecule has 1 heterocycles. The van der Waals surface area contributed by atoms with Crippen molar-refractivity contribution < 1.29 is 14.6 Å². The molecule has 0 unspecified atom stereocenters. The summed E-state index contributed by atoms with van der Waals surface area (Å²) >= 11 is 0. The highest BCUT2D eigenvalue weighted by Crippen LogP contribution is 2.22. The Morgan fingerprint density at radius 1 is 1.48 bits per heavy atom. The molecule has 0 amide bonds. The Morgan fingerprint density at radius 2 is 2.26 bits per heavy atom. The van der Waals surface area contributed by atoms with Gasteiger partial charge >= 0.3 is 5.97 Å². The number of hydrogen-bond acceptors (Lipinski definition) is 5. The fraction of sp³-hybridized carbons (Fsp3) is 0.353. The lowest BCUT2D eigenvalue weighted by Gasteiger charge is -2.14.